The number of allylic oxidation sites excluding steroid dienone is 1. The molecular formula is C32H55NO5. The van der Waals surface area contributed by atoms with Gasteiger partial charge in [-0.05, 0) is 91.3 Å². The fourth-order valence-corrected chi connectivity index (χ4v) is 9.42. The number of hydrogen-bond donors (Lipinski definition) is 4. The number of aliphatic hydroxyl groups is 3. The Kier molecular flexibility index (Phi) is 9.26. The first kappa shape index (κ1) is 29.9. The molecule has 1 amide bonds. The summed E-state index contributed by atoms with van der Waals surface area (Å²) < 4.78 is 5.73. The normalized spacial score (nSPS) is 37.6. The second-order valence-electron chi connectivity index (χ2n) is 14.4. The molecule has 0 aliphatic heterocycles. The number of fused-ring (bicyclic) bond motifs is 5. The van der Waals surface area contributed by atoms with Crippen molar-refractivity contribution in [1.29, 1.82) is 0 Å². The largest absolute Gasteiger partial charge is 0.446 e. The summed E-state index contributed by atoms with van der Waals surface area (Å²) in [4.78, 5) is 12.5. The molecule has 218 valence electrons. The molecule has 0 aromatic rings. The van der Waals surface area contributed by atoms with Crippen molar-refractivity contribution in [3.05, 3.63) is 11.6 Å². The van der Waals surface area contributed by atoms with E-state index >= 15 is 0 Å². The van der Waals surface area contributed by atoms with Crippen molar-refractivity contribution >= 4 is 6.09 Å². The van der Waals surface area contributed by atoms with Gasteiger partial charge in [0, 0.05) is 6.42 Å². The maximum absolute atomic E-state index is 12.5. The third-order valence-corrected chi connectivity index (χ3v) is 11.8. The molecule has 0 heterocycles. The smallest absolute Gasteiger partial charge is 0.408 e. The van der Waals surface area contributed by atoms with E-state index in [2.05, 4.69) is 46.0 Å². The van der Waals surface area contributed by atoms with Crippen LogP contribution >= 0.6 is 0 Å². The predicted octanol–water partition coefficient (Wildman–Crippen LogP) is 5.84. The van der Waals surface area contributed by atoms with Gasteiger partial charge in [-0.2, -0.15) is 0 Å². The van der Waals surface area contributed by atoms with Gasteiger partial charge in [-0.1, -0.05) is 65.5 Å². The SMILES string of the molecule is CC(C)CCC[C@@H](C)[C@@H]1CC[C@@H]2[C@H]3CC=C4C[C@@H](OC(=O)NC(CO)(CO)CO)CC[C@]4(C)[C@@H]3CC[C@@]21C. The number of alkyl carbamates (subject to hydrolysis) is 1. The topological polar surface area (TPSA) is 99.0 Å². The monoisotopic (exact) mass is 533 g/mol. The van der Waals surface area contributed by atoms with Crippen molar-refractivity contribution in [2.75, 3.05) is 19.8 Å². The molecule has 4 rings (SSSR count). The first-order chi connectivity index (χ1) is 18.0. The van der Waals surface area contributed by atoms with Gasteiger partial charge in [0.05, 0.1) is 19.8 Å². The van der Waals surface area contributed by atoms with Gasteiger partial charge >= 0.3 is 6.09 Å². The first-order valence-corrected chi connectivity index (χ1v) is 15.5. The van der Waals surface area contributed by atoms with E-state index in [1.165, 1.54) is 50.5 Å². The van der Waals surface area contributed by atoms with Crippen LogP contribution in [-0.2, 0) is 4.74 Å². The Bertz CT molecular complexity index is 845. The van der Waals surface area contributed by atoms with Gasteiger partial charge in [0.25, 0.3) is 0 Å². The van der Waals surface area contributed by atoms with Crippen molar-refractivity contribution < 1.29 is 24.9 Å². The minimum atomic E-state index is -1.46. The molecular weight excluding hydrogens is 478 g/mol. The molecule has 4 aliphatic rings. The summed E-state index contributed by atoms with van der Waals surface area (Å²) in [6.45, 7) is 10.7. The van der Waals surface area contributed by atoms with E-state index < -0.39 is 31.5 Å². The highest BCUT2D eigenvalue weighted by Gasteiger charge is 2.59. The van der Waals surface area contributed by atoms with E-state index in [1.807, 2.05) is 0 Å². The summed E-state index contributed by atoms with van der Waals surface area (Å²) >= 11 is 0. The lowest BCUT2D eigenvalue weighted by atomic mass is 9.47. The van der Waals surface area contributed by atoms with Crippen LogP contribution in [0.15, 0.2) is 11.6 Å². The lowest BCUT2D eigenvalue weighted by molar-refractivity contribution is -0.0588. The highest BCUT2D eigenvalue weighted by Crippen LogP contribution is 2.67. The van der Waals surface area contributed by atoms with Crippen molar-refractivity contribution in [1.82, 2.24) is 5.32 Å². The Balaban J connectivity index is 1.40. The van der Waals surface area contributed by atoms with Crippen LogP contribution in [0, 0.1) is 46.3 Å². The van der Waals surface area contributed by atoms with Crippen molar-refractivity contribution in [3.8, 4) is 0 Å². The molecule has 0 bridgehead atoms. The summed E-state index contributed by atoms with van der Waals surface area (Å²) in [6.07, 6.45) is 15.0. The standard InChI is InChI=1S/C32H55NO5/c1-21(2)7-6-8-22(3)26-11-12-27-25-10-9-23-17-24(38-29(37)33-32(18-34,19-35)20-36)13-15-30(23,4)28(25)14-16-31(26,27)5/h9,21-22,24-28,34-36H,6-8,10-20H2,1-5H3,(H,33,37)/t22-,24+,25-,26+,27-,28-,30+,31-/m1/s1. The minimum Gasteiger partial charge on any atom is -0.446 e. The van der Waals surface area contributed by atoms with Crippen molar-refractivity contribution in [3.63, 3.8) is 0 Å². The van der Waals surface area contributed by atoms with Gasteiger partial charge in [0.1, 0.15) is 11.6 Å². The van der Waals surface area contributed by atoms with Crippen LogP contribution in [0.25, 0.3) is 0 Å². The minimum absolute atomic E-state index is 0.187. The Labute approximate surface area is 231 Å². The zero-order valence-electron chi connectivity index (χ0n) is 24.7. The number of amides is 1. The van der Waals surface area contributed by atoms with E-state index in [4.69, 9.17) is 4.74 Å². The Morgan fingerprint density at radius 1 is 1.03 bits per heavy atom. The molecule has 6 nitrogen and oxygen atoms in total. The lowest BCUT2D eigenvalue weighted by Crippen LogP contribution is -2.57. The van der Waals surface area contributed by atoms with Crippen LogP contribution in [0.4, 0.5) is 4.79 Å². The first-order valence-electron chi connectivity index (χ1n) is 15.5. The third-order valence-electron chi connectivity index (χ3n) is 11.8. The Morgan fingerprint density at radius 3 is 2.39 bits per heavy atom. The van der Waals surface area contributed by atoms with Crippen molar-refractivity contribution in [2.24, 2.45) is 46.3 Å². The van der Waals surface area contributed by atoms with Crippen LogP contribution in [0.5, 0.6) is 0 Å². The molecule has 0 radical (unpaired) electrons. The second-order valence-corrected chi connectivity index (χ2v) is 14.4. The Morgan fingerprint density at radius 2 is 1.74 bits per heavy atom. The zero-order valence-corrected chi connectivity index (χ0v) is 24.7. The number of carbonyl (C=O) groups is 1. The van der Waals surface area contributed by atoms with Gasteiger partial charge in [-0.15, -0.1) is 0 Å². The molecule has 3 saturated carbocycles. The number of rotatable bonds is 10. The highest BCUT2D eigenvalue weighted by molar-refractivity contribution is 5.68. The molecule has 0 unspecified atom stereocenters. The zero-order chi connectivity index (χ0) is 27.7. The van der Waals surface area contributed by atoms with Gasteiger partial charge < -0.3 is 25.4 Å². The molecule has 3 fully saturated rings. The molecule has 0 aromatic heterocycles. The molecule has 38 heavy (non-hydrogen) atoms. The Hall–Kier alpha value is -1.11. The van der Waals surface area contributed by atoms with Gasteiger partial charge in [-0.25, -0.2) is 4.79 Å². The summed E-state index contributed by atoms with van der Waals surface area (Å²) in [6, 6.07) is 0. The summed E-state index contributed by atoms with van der Waals surface area (Å²) in [7, 11) is 0. The van der Waals surface area contributed by atoms with E-state index in [-0.39, 0.29) is 11.5 Å². The maximum atomic E-state index is 12.5. The van der Waals surface area contributed by atoms with Crippen LogP contribution < -0.4 is 5.32 Å². The average molecular weight is 534 g/mol. The molecule has 0 aromatic carbocycles. The van der Waals surface area contributed by atoms with Gasteiger partial charge in [0.2, 0.25) is 0 Å². The molecule has 4 aliphatic carbocycles. The predicted molar refractivity (Wildman–Crippen MR) is 150 cm³/mol. The average Bonchev–Trinajstić information content (AvgIpc) is 3.24. The number of aliphatic hydroxyl groups excluding tert-OH is 3. The third kappa shape index (κ3) is 5.56. The van der Waals surface area contributed by atoms with Crippen LogP contribution in [0.2, 0.25) is 0 Å². The van der Waals surface area contributed by atoms with E-state index in [0.29, 0.717) is 5.41 Å². The van der Waals surface area contributed by atoms with Crippen molar-refractivity contribution in [2.45, 2.75) is 117 Å². The summed E-state index contributed by atoms with van der Waals surface area (Å²) in [5.74, 6) is 4.82. The summed E-state index contributed by atoms with van der Waals surface area (Å²) in [5, 5.41) is 31.0. The molecule has 4 N–H and O–H groups in total. The fourth-order valence-electron chi connectivity index (χ4n) is 9.42. The fraction of sp³-hybridized carbons (Fsp3) is 0.906. The number of ether oxygens (including phenoxy) is 1. The number of hydrogen-bond acceptors (Lipinski definition) is 5. The van der Waals surface area contributed by atoms with E-state index in [1.54, 1.807) is 0 Å². The van der Waals surface area contributed by atoms with E-state index in [9.17, 15) is 20.1 Å². The molecule has 0 saturated heterocycles. The molecule has 6 heteroatoms. The second kappa shape index (κ2) is 11.8. The number of carbonyl (C=O) groups excluding carboxylic acids is 1. The summed E-state index contributed by atoms with van der Waals surface area (Å²) in [5.41, 5.74) is 0.668. The van der Waals surface area contributed by atoms with Gasteiger partial charge in [0.15, 0.2) is 0 Å². The molecule has 0 spiro atoms. The molecule has 8 atom stereocenters. The maximum Gasteiger partial charge on any atom is 0.408 e. The lowest BCUT2D eigenvalue weighted by Gasteiger charge is -2.58. The van der Waals surface area contributed by atoms with Crippen LogP contribution in [-0.4, -0.2) is 52.9 Å². The quantitative estimate of drug-likeness (QED) is 0.265. The number of nitrogens with one attached hydrogen (secondary N) is 1. The highest BCUT2D eigenvalue weighted by atomic mass is 16.6. The van der Waals surface area contributed by atoms with Crippen LogP contribution in [0.1, 0.15) is 105 Å². The van der Waals surface area contributed by atoms with Crippen LogP contribution in [0.3, 0.4) is 0 Å². The van der Waals surface area contributed by atoms with Gasteiger partial charge in [-0.3, -0.25) is 0 Å². The van der Waals surface area contributed by atoms with E-state index in [0.717, 1.165) is 61.2 Å².